The molecule has 0 aromatic carbocycles. The molecule has 6 N–H and O–H groups in total. The molecule has 0 saturated heterocycles. The highest BCUT2D eigenvalue weighted by Gasteiger charge is 2.69. The molecule has 3 saturated carbocycles. The molecule has 0 bridgehead atoms. The zero-order chi connectivity index (χ0) is 25.5. The normalized spacial score (nSPS) is 47.2. The number of fused-ring (bicyclic) bond motifs is 5. The molecule has 0 aliphatic heterocycles. The molecule has 3 fully saturated rings. The Balaban J connectivity index is 1.66. The van der Waals surface area contributed by atoms with Crippen molar-refractivity contribution in [2.24, 2.45) is 28.6 Å². The van der Waals surface area contributed by atoms with E-state index in [4.69, 9.17) is 0 Å². The monoisotopic (exact) mass is 480 g/mol. The van der Waals surface area contributed by atoms with E-state index in [1.165, 1.54) is 0 Å². The topological polar surface area (TPSA) is 138 Å². The number of hydrogen-bond acceptors (Lipinski definition) is 7. The molecular formula is C27H44O7. The third-order valence-electron chi connectivity index (χ3n) is 10.5. The highest BCUT2D eigenvalue weighted by molar-refractivity contribution is 5.95. The van der Waals surface area contributed by atoms with E-state index in [9.17, 15) is 35.4 Å². The molecule has 10 atom stereocenters. The molecule has 7 nitrogen and oxygen atoms in total. The van der Waals surface area contributed by atoms with Crippen LogP contribution in [0.2, 0.25) is 0 Å². The van der Waals surface area contributed by atoms with Crippen molar-refractivity contribution in [2.75, 3.05) is 0 Å². The minimum atomic E-state index is -1.46. The van der Waals surface area contributed by atoms with Crippen LogP contribution in [0, 0.1) is 28.6 Å². The summed E-state index contributed by atoms with van der Waals surface area (Å²) < 4.78 is 0. The largest absolute Gasteiger partial charge is 0.390 e. The van der Waals surface area contributed by atoms with Crippen LogP contribution in [-0.4, -0.2) is 71.5 Å². The van der Waals surface area contributed by atoms with Gasteiger partial charge in [-0.1, -0.05) is 13.8 Å². The molecule has 0 radical (unpaired) electrons. The van der Waals surface area contributed by atoms with Crippen molar-refractivity contribution in [1.29, 1.82) is 0 Å². The molecule has 194 valence electrons. The van der Waals surface area contributed by atoms with Gasteiger partial charge in [-0.25, -0.2) is 0 Å². The van der Waals surface area contributed by atoms with Crippen molar-refractivity contribution >= 4 is 5.78 Å². The third kappa shape index (κ3) is 3.73. The van der Waals surface area contributed by atoms with Crippen LogP contribution in [0.25, 0.3) is 0 Å². The number of ketones is 1. The van der Waals surface area contributed by atoms with Gasteiger partial charge in [-0.3, -0.25) is 4.79 Å². The quantitative estimate of drug-likeness (QED) is 0.353. The van der Waals surface area contributed by atoms with E-state index in [2.05, 4.69) is 0 Å². The zero-order valence-corrected chi connectivity index (χ0v) is 21.3. The average molecular weight is 481 g/mol. The Bertz CT molecular complexity index is 860. The van der Waals surface area contributed by atoms with E-state index >= 15 is 0 Å². The van der Waals surface area contributed by atoms with Gasteiger partial charge in [0.1, 0.15) is 0 Å². The van der Waals surface area contributed by atoms with Crippen molar-refractivity contribution in [1.82, 2.24) is 0 Å². The second kappa shape index (κ2) is 8.09. The van der Waals surface area contributed by atoms with Gasteiger partial charge in [0, 0.05) is 11.3 Å². The molecule has 0 spiro atoms. The van der Waals surface area contributed by atoms with Crippen LogP contribution >= 0.6 is 0 Å². The number of allylic oxidation sites excluding steroid dienone is 1. The van der Waals surface area contributed by atoms with E-state index < -0.39 is 45.9 Å². The Morgan fingerprint density at radius 2 is 1.71 bits per heavy atom. The number of rotatable bonds is 5. The average Bonchev–Trinajstić information content (AvgIpc) is 3.00. The SMILES string of the molecule is CC(C)(O)CC[C@H](O)[C@](C)(O)[C@H]1CC[C@@]2(O)C3=CC(=O)[C@@H]4C[C@@H](O)[C@@H](O)C[C@]4(C)[C@H]3CC[C@]12C. The van der Waals surface area contributed by atoms with E-state index in [-0.39, 0.29) is 36.4 Å². The van der Waals surface area contributed by atoms with E-state index in [0.717, 1.165) is 0 Å². The van der Waals surface area contributed by atoms with Crippen molar-refractivity contribution in [3.8, 4) is 0 Å². The molecule has 0 heterocycles. The Kier molecular flexibility index (Phi) is 6.24. The van der Waals surface area contributed by atoms with E-state index in [0.29, 0.717) is 44.1 Å². The van der Waals surface area contributed by atoms with Crippen LogP contribution in [0.3, 0.4) is 0 Å². The summed E-state index contributed by atoms with van der Waals surface area (Å²) in [6, 6.07) is 0. The maximum absolute atomic E-state index is 13.2. The summed E-state index contributed by atoms with van der Waals surface area (Å²) in [4.78, 5) is 13.2. The molecule has 4 aliphatic carbocycles. The number of aliphatic hydroxyl groups excluding tert-OH is 3. The Labute approximate surface area is 202 Å². The summed E-state index contributed by atoms with van der Waals surface area (Å²) in [5.41, 5.74) is -4.27. The zero-order valence-electron chi connectivity index (χ0n) is 21.3. The molecule has 0 amide bonds. The van der Waals surface area contributed by atoms with Crippen molar-refractivity contribution in [3.63, 3.8) is 0 Å². The van der Waals surface area contributed by atoms with Gasteiger partial charge >= 0.3 is 0 Å². The number of aliphatic hydroxyl groups is 6. The number of carbonyl (C=O) groups excluding carboxylic acids is 1. The number of hydrogen-bond donors (Lipinski definition) is 6. The van der Waals surface area contributed by atoms with Crippen LogP contribution in [0.15, 0.2) is 11.6 Å². The molecule has 0 unspecified atom stereocenters. The smallest absolute Gasteiger partial charge is 0.159 e. The minimum absolute atomic E-state index is 0.0840. The highest BCUT2D eigenvalue weighted by Crippen LogP contribution is 2.68. The summed E-state index contributed by atoms with van der Waals surface area (Å²) in [7, 11) is 0. The van der Waals surface area contributed by atoms with Gasteiger partial charge in [0.2, 0.25) is 0 Å². The fraction of sp³-hybridized carbons (Fsp3) is 0.889. The van der Waals surface area contributed by atoms with Gasteiger partial charge in [-0.05, 0) is 101 Å². The first-order chi connectivity index (χ1) is 15.5. The molecule has 7 heteroatoms. The maximum Gasteiger partial charge on any atom is 0.159 e. The van der Waals surface area contributed by atoms with Gasteiger partial charge in [-0.2, -0.15) is 0 Å². The molecular weight excluding hydrogens is 436 g/mol. The van der Waals surface area contributed by atoms with Crippen LogP contribution in [0.5, 0.6) is 0 Å². The summed E-state index contributed by atoms with van der Waals surface area (Å²) >= 11 is 0. The summed E-state index contributed by atoms with van der Waals surface area (Å²) in [6.45, 7) is 8.96. The van der Waals surface area contributed by atoms with Crippen LogP contribution in [0.1, 0.15) is 86.0 Å². The maximum atomic E-state index is 13.2. The molecule has 4 aliphatic rings. The van der Waals surface area contributed by atoms with Crippen LogP contribution in [0.4, 0.5) is 0 Å². The van der Waals surface area contributed by atoms with Gasteiger partial charge in [-0.15, -0.1) is 0 Å². The summed E-state index contributed by atoms with van der Waals surface area (Å²) in [5, 5.41) is 65.5. The Hall–Kier alpha value is -0.830. The predicted molar refractivity (Wildman–Crippen MR) is 127 cm³/mol. The van der Waals surface area contributed by atoms with Gasteiger partial charge in [0.05, 0.1) is 35.1 Å². The second-order valence-corrected chi connectivity index (χ2v) is 13.2. The Morgan fingerprint density at radius 3 is 2.32 bits per heavy atom. The lowest BCUT2D eigenvalue weighted by Gasteiger charge is -2.60. The highest BCUT2D eigenvalue weighted by atomic mass is 16.3. The lowest BCUT2D eigenvalue weighted by molar-refractivity contribution is -0.177. The lowest BCUT2D eigenvalue weighted by Crippen LogP contribution is -2.62. The van der Waals surface area contributed by atoms with Gasteiger partial charge < -0.3 is 30.6 Å². The molecule has 0 aromatic rings. The molecule has 4 rings (SSSR count). The van der Waals surface area contributed by atoms with Crippen molar-refractivity contribution in [3.05, 3.63) is 11.6 Å². The Morgan fingerprint density at radius 1 is 1.06 bits per heavy atom. The lowest BCUT2D eigenvalue weighted by atomic mass is 9.45. The van der Waals surface area contributed by atoms with Gasteiger partial charge in [0.25, 0.3) is 0 Å². The first-order valence-electron chi connectivity index (χ1n) is 12.9. The third-order valence-corrected chi connectivity index (χ3v) is 10.5. The van der Waals surface area contributed by atoms with E-state index in [1.807, 2.05) is 13.8 Å². The van der Waals surface area contributed by atoms with Crippen LogP contribution in [-0.2, 0) is 4.79 Å². The summed E-state index contributed by atoms with van der Waals surface area (Å²) in [6.07, 6.45) is 2.11. The predicted octanol–water partition coefficient (Wildman–Crippen LogP) is 1.85. The fourth-order valence-corrected chi connectivity index (χ4v) is 8.32. The summed E-state index contributed by atoms with van der Waals surface area (Å²) in [5.74, 6) is -0.948. The van der Waals surface area contributed by atoms with Crippen molar-refractivity contribution < 1.29 is 35.4 Å². The first kappa shape index (κ1) is 26.2. The van der Waals surface area contributed by atoms with E-state index in [1.54, 1.807) is 26.8 Å². The first-order valence-corrected chi connectivity index (χ1v) is 12.9. The van der Waals surface area contributed by atoms with Crippen LogP contribution < -0.4 is 0 Å². The van der Waals surface area contributed by atoms with Gasteiger partial charge in [0.15, 0.2) is 5.78 Å². The fourth-order valence-electron chi connectivity index (χ4n) is 8.32. The second-order valence-electron chi connectivity index (χ2n) is 13.2. The van der Waals surface area contributed by atoms with Crippen molar-refractivity contribution in [2.45, 2.75) is 121 Å². The molecule has 0 aromatic heterocycles. The minimum Gasteiger partial charge on any atom is -0.390 e. The number of carbonyl (C=O) groups is 1. The molecule has 34 heavy (non-hydrogen) atoms. The standard InChI is InChI=1S/C27H44O7/c1-23(2,32)9-8-22(31)26(5,33)21-7-11-27(34)16-12-18(28)17-13-19(29)20(30)14-24(17,3)15(16)6-10-25(21,27)4/h12,15,17,19-22,29-34H,6-11,13-14H2,1-5H3/t15-,17-,19+,20-,21-,22-,24+,25+,26+,27+/m0/s1.